The molecule has 0 radical (unpaired) electrons. The van der Waals surface area contributed by atoms with E-state index in [1.54, 1.807) is 0 Å². The summed E-state index contributed by atoms with van der Waals surface area (Å²) in [7, 11) is 0. The minimum absolute atomic E-state index is 0.261. The van der Waals surface area contributed by atoms with E-state index in [0.29, 0.717) is 0 Å². The highest BCUT2D eigenvalue weighted by Gasteiger charge is 2.47. The van der Waals surface area contributed by atoms with E-state index in [4.69, 9.17) is 4.42 Å². The zero-order chi connectivity index (χ0) is 35.8. The van der Waals surface area contributed by atoms with Crippen molar-refractivity contribution in [2.75, 3.05) is 0 Å². The lowest BCUT2D eigenvalue weighted by Gasteiger charge is -2.34. The van der Waals surface area contributed by atoms with Crippen molar-refractivity contribution >= 4 is 43.7 Å². The average Bonchev–Trinajstić information content (AvgIpc) is 3.92. The smallest absolute Gasteiger partial charge is 0.140 e. The number of benzene rings is 8. The van der Waals surface area contributed by atoms with Crippen LogP contribution in [0.4, 0.5) is 0 Å². The van der Waals surface area contributed by atoms with Crippen LogP contribution in [0.5, 0.6) is 0 Å². The van der Waals surface area contributed by atoms with Gasteiger partial charge in [-0.25, -0.2) is 0 Å². The average molecular weight is 690 g/mol. The largest absolute Gasteiger partial charge is 0.456 e. The predicted octanol–water partition coefficient (Wildman–Crippen LogP) is 13.4. The van der Waals surface area contributed by atoms with Crippen molar-refractivity contribution in [1.29, 1.82) is 0 Å². The fourth-order valence-electron chi connectivity index (χ4n) is 10.5. The Hall–Kier alpha value is -6.64. The molecule has 10 aromatic rings. The Morgan fingerprint density at radius 2 is 1.07 bits per heavy atom. The number of rotatable bonds is 3. The molecular weight excluding hydrogens is 655 g/mol. The zero-order valence-corrected chi connectivity index (χ0v) is 30.1. The maximum atomic E-state index is 6.95. The van der Waals surface area contributed by atoms with Gasteiger partial charge in [0.2, 0.25) is 0 Å². The Morgan fingerprint density at radius 1 is 0.481 bits per heavy atom. The zero-order valence-electron chi connectivity index (χ0n) is 30.1. The van der Waals surface area contributed by atoms with Crippen LogP contribution in [-0.2, 0) is 10.8 Å². The summed E-state index contributed by atoms with van der Waals surface area (Å²) in [5, 5.41) is 4.84. The molecule has 0 atom stereocenters. The van der Waals surface area contributed by atoms with Gasteiger partial charge in [0.1, 0.15) is 11.2 Å². The Morgan fingerprint density at radius 3 is 1.83 bits per heavy atom. The van der Waals surface area contributed by atoms with Gasteiger partial charge in [0, 0.05) is 43.8 Å². The topological polar surface area (TPSA) is 18.1 Å². The standard InChI is InChI=1S/C52H35NO/c1-51(2)40-25-13-10-22-37(40)47-48(51)50-46(39-24-12-16-28-44(39)54-50)45-38-23-11-15-27-43(38)53(49(45)47)34-29-30-36-35-21-9-14-26-41(35)52(42(36)31-34,32-17-5-3-6-18-32)33-19-7-4-8-20-33/h3-31H,1-2H3. The van der Waals surface area contributed by atoms with Crippen LogP contribution in [0, 0.1) is 0 Å². The second-order valence-corrected chi connectivity index (χ2v) is 15.6. The second kappa shape index (κ2) is 10.5. The minimum atomic E-state index is -0.492. The first-order chi connectivity index (χ1) is 26.6. The molecule has 12 rings (SSSR count). The third-order valence-electron chi connectivity index (χ3n) is 12.6. The van der Waals surface area contributed by atoms with Crippen LogP contribution in [-0.4, -0.2) is 4.57 Å². The molecule has 2 heteroatoms. The summed E-state index contributed by atoms with van der Waals surface area (Å²) >= 11 is 0. The van der Waals surface area contributed by atoms with Gasteiger partial charge >= 0.3 is 0 Å². The number of furan rings is 1. The van der Waals surface area contributed by atoms with Crippen molar-refractivity contribution in [3.8, 4) is 27.9 Å². The SMILES string of the molecule is CC1(C)c2ccccc2-c2c1c1oc3ccccc3c1c1c3ccccc3n(-c3ccc4c(c3)C(c3ccccc3)(c3ccccc3)c3ccccc3-4)c21. The Bertz CT molecular complexity index is 3140. The van der Waals surface area contributed by atoms with Gasteiger partial charge in [-0.2, -0.15) is 0 Å². The molecule has 0 spiro atoms. The predicted molar refractivity (Wildman–Crippen MR) is 223 cm³/mol. The Balaban J connectivity index is 1.28. The number of aromatic nitrogens is 1. The van der Waals surface area contributed by atoms with E-state index in [9.17, 15) is 0 Å². The summed E-state index contributed by atoms with van der Waals surface area (Å²) < 4.78 is 9.51. The van der Waals surface area contributed by atoms with Crippen LogP contribution in [0.2, 0.25) is 0 Å². The fourth-order valence-corrected chi connectivity index (χ4v) is 10.5. The van der Waals surface area contributed by atoms with E-state index in [1.807, 2.05) is 0 Å². The van der Waals surface area contributed by atoms with Crippen molar-refractivity contribution in [2.24, 2.45) is 0 Å². The van der Waals surface area contributed by atoms with Crippen LogP contribution in [0.15, 0.2) is 180 Å². The van der Waals surface area contributed by atoms with Gasteiger partial charge in [0.05, 0.1) is 16.4 Å². The molecule has 0 bridgehead atoms. The number of para-hydroxylation sites is 2. The van der Waals surface area contributed by atoms with Crippen LogP contribution in [0.25, 0.3) is 71.7 Å². The first kappa shape index (κ1) is 29.9. The third kappa shape index (κ3) is 3.56. The van der Waals surface area contributed by atoms with Crippen LogP contribution in [0.3, 0.4) is 0 Å². The summed E-state index contributed by atoms with van der Waals surface area (Å²) in [6, 6.07) is 64.9. The van der Waals surface area contributed by atoms with E-state index in [0.717, 1.165) is 22.2 Å². The van der Waals surface area contributed by atoms with Crippen LogP contribution in [0.1, 0.15) is 47.2 Å². The van der Waals surface area contributed by atoms with Gasteiger partial charge < -0.3 is 8.98 Å². The molecule has 2 nitrogen and oxygen atoms in total. The number of hydrogen-bond donors (Lipinski definition) is 0. The quantitative estimate of drug-likeness (QED) is 0.181. The molecule has 2 aliphatic rings. The number of fused-ring (bicyclic) bond motifs is 15. The van der Waals surface area contributed by atoms with E-state index in [1.165, 1.54) is 82.8 Å². The monoisotopic (exact) mass is 689 g/mol. The highest BCUT2D eigenvalue weighted by atomic mass is 16.3. The molecule has 0 saturated heterocycles. The molecule has 2 heterocycles. The number of hydrogen-bond acceptors (Lipinski definition) is 1. The second-order valence-electron chi connectivity index (χ2n) is 15.6. The summed E-state index contributed by atoms with van der Waals surface area (Å²) in [4.78, 5) is 0. The van der Waals surface area contributed by atoms with Crippen molar-refractivity contribution in [2.45, 2.75) is 24.7 Å². The normalized spacial score (nSPS) is 14.8. The van der Waals surface area contributed by atoms with Gasteiger partial charge in [0.25, 0.3) is 0 Å². The first-order valence-electron chi connectivity index (χ1n) is 18.9. The highest BCUT2D eigenvalue weighted by molar-refractivity contribution is 6.32. The van der Waals surface area contributed by atoms with Crippen molar-refractivity contribution in [1.82, 2.24) is 4.57 Å². The maximum absolute atomic E-state index is 6.95. The molecule has 0 unspecified atom stereocenters. The Labute approximate surface area is 313 Å². The van der Waals surface area contributed by atoms with Gasteiger partial charge in [0.15, 0.2) is 0 Å². The lowest BCUT2D eigenvalue weighted by molar-refractivity contribution is 0.620. The molecule has 8 aromatic carbocycles. The first-order valence-corrected chi connectivity index (χ1v) is 18.9. The maximum Gasteiger partial charge on any atom is 0.140 e. The molecule has 2 aliphatic carbocycles. The summed E-state index contributed by atoms with van der Waals surface area (Å²) in [5.41, 5.74) is 17.6. The summed E-state index contributed by atoms with van der Waals surface area (Å²) in [6.45, 7) is 4.73. The fraction of sp³-hybridized carbons (Fsp3) is 0.0769. The van der Waals surface area contributed by atoms with Crippen LogP contribution >= 0.6 is 0 Å². The van der Waals surface area contributed by atoms with E-state index < -0.39 is 5.41 Å². The van der Waals surface area contributed by atoms with E-state index >= 15 is 0 Å². The van der Waals surface area contributed by atoms with Gasteiger partial charge in [-0.1, -0.05) is 166 Å². The van der Waals surface area contributed by atoms with Gasteiger partial charge in [-0.15, -0.1) is 0 Å². The molecule has 0 N–H and O–H groups in total. The highest BCUT2D eigenvalue weighted by Crippen LogP contribution is 2.59. The molecular formula is C52H35NO. The minimum Gasteiger partial charge on any atom is -0.456 e. The number of nitrogens with zero attached hydrogens (tertiary/aromatic N) is 1. The lowest BCUT2D eigenvalue weighted by atomic mass is 9.67. The van der Waals surface area contributed by atoms with E-state index in [2.05, 4.69) is 194 Å². The molecule has 2 aromatic heterocycles. The lowest BCUT2D eigenvalue weighted by Crippen LogP contribution is -2.28. The molecule has 0 fully saturated rings. The molecule has 0 amide bonds. The van der Waals surface area contributed by atoms with Crippen molar-refractivity contribution in [3.63, 3.8) is 0 Å². The van der Waals surface area contributed by atoms with E-state index in [-0.39, 0.29) is 5.41 Å². The van der Waals surface area contributed by atoms with Crippen LogP contribution < -0.4 is 0 Å². The Kier molecular flexibility index (Phi) is 5.81. The van der Waals surface area contributed by atoms with Gasteiger partial charge in [-0.3, -0.25) is 0 Å². The molecule has 0 saturated carbocycles. The molecule has 54 heavy (non-hydrogen) atoms. The van der Waals surface area contributed by atoms with Crippen molar-refractivity contribution in [3.05, 3.63) is 209 Å². The molecule has 0 aliphatic heterocycles. The summed E-state index contributed by atoms with van der Waals surface area (Å²) in [6.07, 6.45) is 0. The van der Waals surface area contributed by atoms with Gasteiger partial charge in [-0.05, 0) is 68.8 Å². The van der Waals surface area contributed by atoms with Crippen molar-refractivity contribution < 1.29 is 4.42 Å². The summed E-state index contributed by atoms with van der Waals surface area (Å²) in [5.74, 6) is 0. The third-order valence-corrected chi connectivity index (χ3v) is 12.6. The molecule has 254 valence electrons.